The number of ether oxygens (including phenoxy) is 1. The summed E-state index contributed by atoms with van der Waals surface area (Å²) in [6.45, 7) is 9.93. The second-order valence-corrected chi connectivity index (χ2v) is 5.87. The van der Waals surface area contributed by atoms with E-state index >= 15 is 0 Å². The van der Waals surface area contributed by atoms with Crippen molar-refractivity contribution in [1.29, 1.82) is 0 Å². The van der Waals surface area contributed by atoms with E-state index in [1.165, 1.54) is 0 Å². The quantitative estimate of drug-likeness (QED) is 0.770. The number of carboxylic acids is 1. The molecule has 2 amide bonds. The van der Waals surface area contributed by atoms with Crippen molar-refractivity contribution >= 4 is 12.0 Å². The van der Waals surface area contributed by atoms with Crippen LogP contribution < -0.4 is 5.32 Å². The van der Waals surface area contributed by atoms with Crippen molar-refractivity contribution in [2.24, 2.45) is 5.41 Å². The first-order valence-electron chi connectivity index (χ1n) is 6.40. The van der Waals surface area contributed by atoms with Gasteiger partial charge in [-0.3, -0.25) is 0 Å². The lowest BCUT2D eigenvalue weighted by Gasteiger charge is -2.32. The van der Waals surface area contributed by atoms with Crippen molar-refractivity contribution in [1.82, 2.24) is 10.2 Å². The fourth-order valence-electron chi connectivity index (χ4n) is 1.64. The molecule has 0 aliphatic heterocycles. The number of rotatable bonds is 6. The van der Waals surface area contributed by atoms with E-state index in [1.54, 1.807) is 32.8 Å². The van der Waals surface area contributed by atoms with Crippen molar-refractivity contribution in [3.8, 4) is 0 Å². The molecule has 0 rings (SSSR count). The molecule has 0 radical (unpaired) electrons. The van der Waals surface area contributed by atoms with E-state index in [0.29, 0.717) is 13.2 Å². The minimum absolute atomic E-state index is 0.0236. The van der Waals surface area contributed by atoms with Gasteiger partial charge in [0.25, 0.3) is 0 Å². The Balaban J connectivity index is 4.81. The van der Waals surface area contributed by atoms with Crippen molar-refractivity contribution < 1.29 is 19.4 Å². The van der Waals surface area contributed by atoms with E-state index in [9.17, 15) is 14.7 Å². The number of carbonyl (C=O) groups excluding carboxylic acids is 1. The molecule has 0 saturated carbocycles. The van der Waals surface area contributed by atoms with Gasteiger partial charge in [-0.1, -0.05) is 20.8 Å². The molecule has 0 saturated heterocycles. The largest absolute Gasteiger partial charge is 0.480 e. The summed E-state index contributed by atoms with van der Waals surface area (Å²) >= 11 is 0. The maximum Gasteiger partial charge on any atom is 0.326 e. The van der Waals surface area contributed by atoms with E-state index in [0.717, 1.165) is 0 Å². The van der Waals surface area contributed by atoms with Crippen molar-refractivity contribution in [2.45, 2.75) is 46.7 Å². The van der Waals surface area contributed by atoms with Gasteiger partial charge in [-0.15, -0.1) is 0 Å². The summed E-state index contributed by atoms with van der Waals surface area (Å²) in [7, 11) is 1.56. The predicted molar refractivity (Wildman–Crippen MR) is 73.1 cm³/mol. The lowest BCUT2D eigenvalue weighted by molar-refractivity contribution is -0.142. The van der Waals surface area contributed by atoms with Crippen molar-refractivity contribution in [2.75, 3.05) is 20.3 Å². The molecule has 19 heavy (non-hydrogen) atoms. The van der Waals surface area contributed by atoms with E-state index in [2.05, 4.69) is 5.32 Å². The molecule has 112 valence electrons. The minimum Gasteiger partial charge on any atom is -0.480 e. The monoisotopic (exact) mass is 274 g/mol. The average Bonchev–Trinajstić information content (AvgIpc) is 2.23. The average molecular weight is 274 g/mol. The first-order chi connectivity index (χ1) is 8.61. The Morgan fingerprint density at radius 1 is 1.32 bits per heavy atom. The normalized spacial score (nSPS) is 13.2. The molecule has 6 heteroatoms. The second-order valence-electron chi connectivity index (χ2n) is 5.87. The highest BCUT2D eigenvalue weighted by Crippen LogP contribution is 2.19. The van der Waals surface area contributed by atoms with Crippen LogP contribution in [0.15, 0.2) is 0 Å². The van der Waals surface area contributed by atoms with Gasteiger partial charge in [0, 0.05) is 19.7 Å². The van der Waals surface area contributed by atoms with Gasteiger partial charge < -0.3 is 20.1 Å². The number of nitrogens with zero attached hydrogens (tertiary/aromatic N) is 1. The van der Waals surface area contributed by atoms with E-state index in [-0.39, 0.29) is 12.1 Å². The number of carbonyl (C=O) groups is 2. The van der Waals surface area contributed by atoms with Gasteiger partial charge in [-0.2, -0.15) is 0 Å². The molecule has 0 aromatic rings. The zero-order valence-corrected chi connectivity index (χ0v) is 12.7. The lowest BCUT2D eigenvalue weighted by Crippen LogP contribution is -2.55. The smallest absolute Gasteiger partial charge is 0.326 e. The Bertz CT molecular complexity index is 310. The SMILES string of the molecule is COCCN(C(=O)N[C@@H](C(=O)O)C(C)(C)C)C(C)C. The second kappa shape index (κ2) is 7.33. The van der Waals surface area contributed by atoms with Gasteiger partial charge in [-0.05, 0) is 19.3 Å². The zero-order chi connectivity index (χ0) is 15.2. The third kappa shape index (κ3) is 5.92. The molecule has 0 heterocycles. The molecule has 0 unspecified atom stereocenters. The van der Waals surface area contributed by atoms with Crippen molar-refractivity contribution in [3.63, 3.8) is 0 Å². The number of aliphatic carboxylic acids is 1. The molecule has 2 N–H and O–H groups in total. The van der Waals surface area contributed by atoms with Crippen LogP contribution in [0.2, 0.25) is 0 Å². The van der Waals surface area contributed by atoms with Crippen LogP contribution in [0.5, 0.6) is 0 Å². The Hall–Kier alpha value is -1.30. The Morgan fingerprint density at radius 3 is 2.16 bits per heavy atom. The molecule has 0 bridgehead atoms. The summed E-state index contributed by atoms with van der Waals surface area (Å²) in [4.78, 5) is 24.9. The highest BCUT2D eigenvalue weighted by atomic mass is 16.5. The van der Waals surface area contributed by atoms with Crippen LogP contribution in [0.4, 0.5) is 4.79 Å². The first-order valence-corrected chi connectivity index (χ1v) is 6.40. The molecule has 0 aliphatic carbocycles. The maximum absolute atomic E-state index is 12.1. The van der Waals surface area contributed by atoms with Gasteiger partial charge in [0.15, 0.2) is 0 Å². The molecule has 0 aromatic carbocycles. The van der Waals surface area contributed by atoms with Crippen LogP contribution in [-0.4, -0.2) is 54.4 Å². The highest BCUT2D eigenvalue weighted by Gasteiger charge is 2.34. The van der Waals surface area contributed by atoms with Crippen LogP contribution in [0.3, 0.4) is 0 Å². The Labute approximate surface area is 115 Å². The molecular weight excluding hydrogens is 248 g/mol. The fraction of sp³-hybridized carbons (Fsp3) is 0.846. The Morgan fingerprint density at radius 2 is 1.84 bits per heavy atom. The zero-order valence-electron chi connectivity index (χ0n) is 12.7. The first kappa shape index (κ1) is 17.7. The summed E-state index contributed by atoms with van der Waals surface area (Å²) in [5, 5.41) is 11.8. The standard InChI is InChI=1S/C13H26N2O4/c1-9(2)15(7-8-19-6)12(18)14-10(11(16)17)13(3,4)5/h9-10H,7-8H2,1-6H3,(H,14,18)(H,16,17)/t10-/m0/s1. The van der Waals surface area contributed by atoms with E-state index in [1.807, 2.05) is 13.8 Å². The molecule has 0 fully saturated rings. The maximum atomic E-state index is 12.1. The topological polar surface area (TPSA) is 78.9 Å². The molecular formula is C13H26N2O4. The molecule has 0 aliphatic rings. The molecule has 6 nitrogen and oxygen atoms in total. The van der Waals surface area contributed by atoms with E-state index < -0.39 is 17.4 Å². The number of urea groups is 1. The van der Waals surface area contributed by atoms with Crippen molar-refractivity contribution in [3.05, 3.63) is 0 Å². The number of amides is 2. The number of hydrogen-bond donors (Lipinski definition) is 2. The van der Waals surface area contributed by atoms with Crippen LogP contribution in [0.25, 0.3) is 0 Å². The highest BCUT2D eigenvalue weighted by molar-refractivity contribution is 5.83. The third-order valence-corrected chi connectivity index (χ3v) is 2.80. The van der Waals surface area contributed by atoms with Crippen LogP contribution in [0.1, 0.15) is 34.6 Å². The van der Waals surface area contributed by atoms with E-state index in [4.69, 9.17) is 4.74 Å². The summed E-state index contributed by atoms with van der Waals surface area (Å²) in [6.07, 6.45) is 0. The Kier molecular flexibility index (Phi) is 6.83. The van der Waals surface area contributed by atoms with Gasteiger partial charge in [0.1, 0.15) is 6.04 Å². The summed E-state index contributed by atoms with van der Waals surface area (Å²) < 4.78 is 4.95. The number of nitrogens with one attached hydrogen (secondary N) is 1. The molecule has 0 aromatic heterocycles. The molecule has 1 atom stereocenters. The lowest BCUT2D eigenvalue weighted by atomic mass is 9.87. The summed E-state index contributed by atoms with van der Waals surface area (Å²) in [6, 6.07) is -1.33. The van der Waals surface area contributed by atoms with Crippen LogP contribution in [0, 0.1) is 5.41 Å². The third-order valence-electron chi connectivity index (χ3n) is 2.80. The van der Waals surface area contributed by atoms with Crippen LogP contribution >= 0.6 is 0 Å². The predicted octanol–water partition coefficient (Wildman–Crippen LogP) is 1.55. The van der Waals surface area contributed by atoms with Crippen LogP contribution in [-0.2, 0) is 9.53 Å². The van der Waals surface area contributed by atoms with Gasteiger partial charge in [0.2, 0.25) is 0 Å². The van der Waals surface area contributed by atoms with Gasteiger partial charge in [0.05, 0.1) is 6.61 Å². The fourth-order valence-corrected chi connectivity index (χ4v) is 1.64. The number of carboxylic acid groups (broad SMARTS) is 1. The minimum atomic E-state index is -1.03. The summed E-state index contributed by atoms with van der Waals surface area (Å²) in [5.74, 6) is -1.03. The molecule has 0 spiro atoms. The number of methoxy groups -OCH3 is 1. The number of hydrogen-bond acceptors (Lipinski definition) is 3. The van der Waals surface area contributed by atoms with Gasteiger partial charge >= 0.3 is 12.0 Å². The summed E-state index contributed by atoms with van der Waals surface area (Å²) in [5.41, 5.74) is -0.550. The van der Waals surface area contributed by atoms with Gasteiger partial charge in [-0.25, -0.2) is 9.59 Å².